The molecule has 2 nitrogen and oxygen atoms in total. The maximum absolute atomic E-state index is 6.66. The molecule has 0 spiro atoms. The molecule has 0 amide bonds. The minimum atomic E-state index is -1.67. The maximum Gasteiger partial charge on any atom is 0.193 e. The third-order valence-corrected chi connectivity index (χ3v) is 9.84. The lowest BCUT2D eigenvalue weighted by atomic mass is 10.1. The fourth-order valence-corrected chi connectivity index (χ4v) is 6.15. The Hall–Kier alpha value is -1.60. The van der Waals surface area contributed by atoms with Crippen molar-refractivity contribution in [3.63, 3.8) is 0 Å². The fraction of sp³-hybridized carbons (Fsp3) is 0.429. The Morgan fingerprint density at radius 2 is 1.71 bits per heavy atom. The molecule has 0 unspecified atom stereocenters. The molecule has 3 rings (SSSR count). The van der Waals surface area contributed by atoms with E-state index >= 15 is 0 Å². The summed E-state index contributed by atoms with van der Waals surface area (Å²) < 4.78 is 12.8. The van der Waals surface area contributed by atoms with Crippen LogP contribution in [0.5, 0.6) is 0 Å². The molecule has 2 bridgehead atoms. The highest BCUT2D eigenvalue weighted by molar-refractivity contribution is 6.73. The molecule has 126 valence electrons. The van der Waals surface area contributed by atoms with Crippen molar-refractivity contribution in [2.45, 2.75) is 57.2 Å². The van der Waals surface area contributed by atoms with E-state index in [-0.39, 0.29) is 18.3 Å². The van der Waals surface area contributed by atoms with Gasteiger partial charge in [-0.3, -0.25) is 0 Å². The summed E-state index contributed by atoms with van der Waals surface area (Å²) in [5.74, 6) is 6.55. The Bertz CT molecular complexity index is 669. The molecule has 0 fully saturated rings. The first kappa shape index (κ1) is 17.2. The summed E-state index contributed by atoms with van der Waals surface area (Å²) in [6.45, 7) is 6.78. The average molecular weight is 339 g/mol. The van der Waals surface area contributed by atoms with Gasteiger partial charge < -0.3 is 9.16 Å². The first-order valence-corrected chi connectivity index (χ1v) is 11.5. The number of ether oxygens (including phenoxy) is 1. The van der Waals surface area contributed by atoms with Crippen molar-refractivity contribution in [1.29, 1.82) is 0 Å². The van der Waals surface area contributed by atoms with E-state index in [2.05, 4.69) is 50.8 Å². The van der Waals surface area contributed by atoms with Crippen LogP contribution in [-0.2, 0) is 9.16 Å². The molecule has 24 heavy (non-hydrogen) atoms. The number of hydrogen-bond acceptors (Lipinski definition) is 2. The van der Waals surface area contributed by atoms with E-state index in [1.807, 2.05) is 30.3 Å². The minimum Gasteiger partial charge on any atom is -0.408 e. The van der Waals surface area contributed by atoms with Gasteiger partial charge >= 0.3 is 0 Å². The van der Waals surface area contributed by atoms with E-state index in [1.165, 1.54) is 0 Å². The molecule has 0 saturated heterocycles. The summed E-state index contributed by atoms with van der Waals surface area (Å²) in [6.07, 6.45) is 6.51. The lowest BCUT2D eigenvalue weighted by Gasteiger charge is -2.36. The minimum absolute atomic E-state index is 0.00610. The van der Waals surface area contributed by atoms with Crippen molar-refractivity contribution >= 4 is 8.32 Å². The van der Waals surface area contributed by atoms with Crippen molar-refractivity contribution in [3.8, 4) is 11.8 Å². The Labute approximate surface area is 146 Å². The molecule has 0 radical (unpaired) electrons. The van der Waals surface area contributed by atoms with Crippen molar-refractivity contribution in [2.24, 2.45) is 0 Å². The fourth-order valence-electron chi connectivity index (χ4n) is 3.37. The summed E-state index contributed by atoms with van der Waals surface area (Å²) in [5.41, 5.74) is 2.06. The Morgan fingerprint density at radius 1 is 1.00 bits per heavy atom. The summed E-state index contributed by atoms with van der Waals surface area (Å²) in [5, 5.41) is 0. The smallest absolute Gasteiger partial charge is 0.193 e. The number of rotatable bonds is 5. The van der Waals surface area contributed by atoms with Crippen LogP contribution in [0, 0.1) is 11.8 Å². The summed E-state index contributed by atoms with van der Waals surface area (Å²) in [7, 11) is -1.67. The molecule has 3 heteroatoms. The molecule has 2 aliphatic heterocycles. The Morgan fingerprint density at radius 3 is 2.38 bits per heavy atom. The van der Waals surface area contributed by atoms with Crippen LogP contribution in [0.25, 0.3) is 0 Å². The maximum atomic E-state index is 6.66. The molecule has 0 aliphatic carbocycles. The largest absolute Gasteiger partial charge is 0.408 e. The van der Waals surface area contributed by atoms with Gasteiger partial charge in [0, 0.05) is 11.1 Å². The molecular formula is C21H26O2Si. The summed E-state index contributed by atoms with van der Waals surface area (Å²) in [6, 6.07) is 13.5. The van der Waals surface area contributed by atoms with Gasteiger partial charge in [-0.2, -0.15) is 0 Å². The second-order valence-corrected chi connectivity index (χ2v) is 11.2. The molecule has 0 N–H and O–H groups in total. The first-order valence-electron chi connectivity index (χ1n) is 9.00. The van der Waals surface area contributed by atoms with E-state index in [1.54, 1.807) is 0 Å². The molecule has 1 aromatic carbocycles. The predicted molar refractivity (Wildman–Crippen MR) is 101 cm³/mol. The third kappa shape index (κ3) is 3.56. The predicted octanol–water partition coefficient (Wildman–Crippen LogP) is 4.69. The van der Waals surface area contributed by atoms with Crippen LogP contribution in [0.4, 0.5) is 0 Å². The van der Waals surface area contributed by atoms with Gasteiger partial charge in [0.05, 0.1) is 6.10 Å². The monoisotopic (exact) mass is 338 g/mol. The number of hydrogen-bond donors (Lipinski definition) is 0. The van der Waals surface area contributed by atoms with Gasteiger partial charge in [0.15, 0.2) is 8.32 Å². The summed E-state index contributed by atoms with van der Waals surface area (Å²) in [4.78, 5) is 0. The second-order valence-electron chi connectivity index (χ2n) is 6.47. The zero-order chi connectivity index (χ0) is 17.0. The molecule has 2 aliphatic rings. The van der Waals surface area contributed by atoms with Crippen molar-refractivity contribution < 1.29 is 9.16 Å². The zero-order valence-electron chi connectivity index (χ0n) is 14.8. The van der Waals surface area contributed by atoms with E-state index in [0.717, 1.165) is 29.3 Å². The van der Waals surface area contributed by atoms with Crippen molar-refractivity contribution in [1.82, 2.24) is 0 Å². The van der Waals surface area contributed by atoms with Crippen LogP contribution in [0.15, 0.2) is 54.1 Å². The topological polar surface area (TPSA) is 18.5 Å². The highest BCUT2D eigenvalue weighted by atomic mass is 28.4. The SMILES string of the molecule is CC[Si](CC)(CC)O[C@H]1C=C(C#Cc2ccccc2)[C@H]2C=C[C@@H]1O2. The standard InChI is InChI=1S/C21H26O2Si/c1-4-24(5-2,6-3)23-21-16-18(19-14-15-20(21)22-19)13-12-17-10-8-7-9-11-17/h7-11,14-16,19-21H,4-6H2,1-3H3/t19-,20+,21+/m1/s1. The van der Waals surface area contributed by atoms with Crippen LogP contribution in [0.2, 0.25) is 18.1 Å². The van der Waals surface area contributed by atoms with Crippen LogP contribution in [0.3, 0.4) is 0 Å². The lowest BCUT2D eigenvalue weighted by Crippen LogP contribution is -2.45. The molecule has 3 atom stereocenters. The van der Waals surface area contributed by atoms with Crippen LogP contribution in [-0.4, -0.2) is 26.6 Å². The Kier molecular flexibility index (Phi) is 5.40. The Balaban J connectivity index is 1.83. The van der Waals surface area contributed by atoms with Gasteiger partial charge in [-0.25, -0.2) is 0 Å². The first-order chi connectivity index (χ1) is 11.7. The number of fused-ring (bicyclic) bond motifs is 2. The zero-order valence-corrected chi connectivity index (χ0v) is 15.8. The van der Waals surface area contributed by atoms with Crippen molar-refractivity contribution in [2.75, 3.05) is 0 Å². The van der Waals surface area contributed by atoms with Crippen LogP contribution < -0.4 is 0 Å². The lowest BCUT2D eigenvalue weighted by molar-refractivity contribution is 0.00465. The van der Waals surface area contributed by atoms with Crippen LogP contribution in [0.1, 0.15) is 26.3 Å². The summed E-state index contributed by atoms with van der Waals surface area (Å²) >= 11 is 0. The molecular weight excluding hydrogens is 312 g/mol. The van der Waals surface area contributed by atoms with E-state index in [4.69, 9.17) is 9.16 Å². The van der Waals surface area contributed by atoms with Gasteiger partial charge in [-0.15, -0.1) is 0 Å². The number of benzene rings is 1. The molecule has 1 aromatic rings. The van der Waals surface area contributed by atoms with Gasteiger partial charge in [0.25, 0.3) is 0 Å². The van der Waals surface area contributed by atoms with Gasteiger partial charge in [0.2, 0.25) is 0 Å². The van der Waals surface area contributed by atoms with E-state index in [0.29, 0.717) is 0 Å². The average Bonchev–Trinajstić information content (AvgIpc) is 3.07. The van der Waals surface area contributed by atoms with Gasteiger partial charge in [0.1, 0.15) is 12.2 Å². The van der Waals surface area contributed by atoms with E-state index in [9.17, 15) is 0 Å². The van der Waals surface area contributed by atoms with E-state index < -0.39 is 8.32 Å². The molecule has 0 aromatic heterocycles. The van der Waals surface area contributed by atoms with Gasteiger partial charge in [-0.1, -0.05) is 63.0 Å². The normalized spacial score (nSPS) is 25.1. The molecule has 0 saturated carbocycles. The third-order valence-electron chi connectivity index (χ3n) is 5.20. The quantitative estimate of drug-likeness (QED) is 0.440. The van der Waals surface area contributed by atoms with Crippen molar-refractivity contribution in [3.05, 3.63) is 59.7 Å². The second kappa shape index (κ2) is 7.52. The highest BCUT2D eigenvalue weighted by Crippen LogP contribution is 2.33. The highest BCUT2D eigenvalue weighted by Gasteiger charge is 2.39. The van der Waals surface area contributed by atoms with Gasteiger partial charge in [-0.05, 0) is 36.3 Å². The van der Waals surface area contributed by atoms with Crippen LogP contribution >= 0.6 is 0 Å². The molecule has 2 heterocycles.